The molecule has 2 fully saturated rings. The van der Waals surface area contributed by atoms with Crippen molar-refractivity contribution in [1.29, 1.82) is 0 Å². The Kier molecular flexibility index (Phi) is 7.72. The number of halogens is 1. The topological polar surface area (TPSA) is 35.9 Å². The average Bonchev–Trinajstić information content (AvgIpc) is 2.67. The number of hydrogen-bond donors (Lipinski definition) is 1. The van der Waals surface area contributed by atoms with Crippen molar-refractivity contribution < 1.29 is 14.2 Å². The van der Waals surface area contributed by atoms with E-state index in [1.54, 1.807) is 0 Å². The third-order valence-corrected chi connectivity index (χ3v) is 6.50. The third kappa shape index (κ3) is 5.91. The van der Waals surface area contributed by atoms with E-state index in [2.05, 4.69) is 30.6 Å². The Bertz CT molecular complexity index is 587. The van der Waals surface area contributed by atoms with Crippen LogP contribution >= 0.6 is 0 Å². The number of benzene rings is 1. The monoisotopic (exact) mass is 392 g/mol. The summed E-state index contributed by atoms with van der Waals surface area (Å²) >= 11 is 0. The molecule has 28 heavy (non-hydrogen) atoms. The number of rotatable bonds is 7. The van der Waals surface area contributed by atoms with Gasteiger partial charge < -0.3 is 14.7 Å². The van der Waals surface area contributed by atoms with Crippen molar-refractivity contribution in [3.8, 4) is 0 Å². The van der Waals surface area contributed by atoms with Gasteiger partial charge in [0.25, 0.3) is 0 Å². The molecule has 1 saturated carbocycles. The maximum atomic E-state index is 13.1. The lowest BCUT2D eigenvalue weighted by Crippen LogP contribution is -2.49. The molecule has 0 amide bonds. The molecular weight excluding hydrogens is 355 g/mol. The van der Waals surface area contributed by atoms with Crippen molar-refractivity contribution in [3.05, 3.63) is 30.1 Å². The Morgan fingerprint density at radius 3 is 2.43 bits per heavy atom. The summed E-state index contributed by atoms with van der Waals surface area (Å²) in [6.07, 6.45) is 3.50. The number of piperazine rings is 1. The molecule has 0 bridgehead atoms. The third-order valence-electron chi connectivity index (χ3n) is 6.50. The lowest BCUT2D eigenvalue weighted by Gasteiger charge is -2.39. The minimum absolute atomic E-state index is 0.197. The van der Waals surface area contributed by atoms with Gasteiger partial charge in [0.2, 0.25) is 0 Å². The number of ether oxygens (including phenoxy) is 1. The number of β-amino-alcohol motifs (C(OH)–C–C–N with tert-alkyl or cyclic N) is 1. The minimum atomic E-state index is -0.442. The first-order valence-corrected chi connectivity index (χ1v) is 10.9. The first-order valence-electron chi connectivity index (χ1n) is 10.9. The first kappa shape index (κ1) is 21.5. The molecule has 0 unspecified atom stereocenters. The summed E-state index contributed by atoms with van der Waals surface area (Å²) in [5, 5.41) is 10.5. The lowest BCUT2D eigenvalue weighted by atomic mass is 9.75. The van der Waals surface area contributed by atoms with Crippen LogP contribution in [0.15, 0.2) is 24.3 Å². The van der Waals surface area contributed by atoms with Crippen molar-refractivity contribution in [2.24, 2.45) is 17.8 Å². The van der Waals surface area contributed by atoms with Crippen LogP contribution in [0.2, 0.25) is 0 Å². The molecule has 0 radical (unpaired) electrons. The summed E-state index contributed by atoms with van der Waals surface area (Å²) in [7, 11) is 0. The van der Waals surface area contributed by atoms with Crippen LogP contribution in [0.25, 0.3) is 0 Å². The van der Waals surface area contributed by atoms with E-state index in [9.17, 15) is 9.50 Å². The standard InChI is InChI=1S/C23H37FN2O2/c1-17(2)22-9-4-18(3)14-23(22)28-16-21(27)15-25-10-12-26(13-11-25)20-7-5-19(24)6-8-20/h5-8,17-18,21-23,27H,4,9-16H2,1-3H3/t18-,21+,22-,23+/m1/s1. The molecule has 3 rings (SSSR count). The van der Waals surface area contributed by atoms with Gasteiger partial charge in [-0.2, -0.15) is 0 Å². The summed E-state index contributed by atoms with van der Waals surface area (Å²) in [5.41, 5.74) is 1.07. The Morgan fingerprint density at radius 2 is 1.79 bits per heavy atom. The highest BCUT2D eigenvalue weighted by Crippen LogP contribution is 2.35. The maximum Gasteiger partial charge on any atom is 0.123 e. The number of hydrogen-bond acceptors (Lipinski definition) is 4. The SMILES string of the molecule is CC(C)[C@H]1CC[C@@H](C)C[C@@H]1OC[C@@H](O)CN1CCN(c2ccc(F)cc2)CC1. The molecule has 4 atom stereocenters. The Balaban J connectivity index is 1.40. The molecule has 5 heteroatoms. The summed E-state index contributed by atoms with van der Waals surface area (Å²) in [4.78, 5) is 4.58. The molecule has 0 spiro atoms. The molecule has 1 aromatic carbocycles. The number of nitrogens with zero attached hydrogens (tertiary/aromatic N) is 2. The van der Waals surface area contributed by atoms with Gasteiger partial charge in [-0.25, -0.2) is 4.39 Å². The van der Waals surface area contributed by atoms with Gasteiger partial charge in [-0.1, -0.05) is 27.2 Å². The molecule has 1 saturated heterocycles. The van der Waals surface area contributed by atoms with Crippen LogP contribution < -0.4 is 4.90 Å². The number of aliphatic hydroxyl groups excluding tert-OH is 1. The van der Waals surface area contributed by atoms with E-state index in [1.807, 2.05) is 12.1 Å². The zero-order valence-corrected chi connectivity index (χ0v) is 17.7. The van der Waals surface area contributed by atoms with Gasteiger partial charge in [0.05, 0.1) is 18.8 Å². The second-order valence-electron chi connectivity index (χ2n) is 9.12. The van der Waals surface area contributed by atoms with E-state index in [1.165, 1.54) is 25.0 Å². The van der Waals surface area contributed by atoms with E-state index in [-0.39, 0.29) is 11.9 Å². The molecule has 158 valence electrons. The largest absolute Gasteiger partial charge is 0.389 e. The second kappa shape index (κ2) is 10.0. The number of aliphatic hydroxyl groups is 1. The molecule has 1 aliphatic carbocycles. The highest BCUT2D eigenvalue weighted by Gasteiger charge is 2.32. The number of anilines is 1. The Hall–Kier alpha value is -1.17. The highest BCUT2D eigenvalue weighted by molar-refractivity contribution is 5.46. The zero-order valence-electron chi connectivity index (χ0n) is 17.7. The second-order valence-corrected chi connectivity index (χ2v) is 9.12. The smallest absolute Gasteiger partial charge is 0.123 e. The quantitative estimate of drug-likeness (QED) is 0.766. The van der Waals surface area contributed by atoms with Crippen LogP contribution in [0.1, 0.15) is 40.0 Å². The summed E-state index contributed by atoms with van der Waals surface area (Å²) in [5.74, 6) is 1.77. The van der Waals surface area contributed by atoms with E-state index < -0.39 is 6.10 Å². The van der Waals surface area contributed by atoms with Crippen LogP contribution in [0.5, 0.6) is 0 Å². The van der Waals surface area contributed by atoms with Crippen molar-refractivity contribution in [3.63, 3.8) is 0 Å². The summed E-state index contributed by atoms with van der Waals surface area (Å²) < 4.78 is 19.3. The minimum Gasteiger partial charge on any atom is -0.389 e. The van der Waals surface area contributed by atoms with Gasteiger partial charge in [0.15, 0.2) is 0 Å². The van der Waals surface area contributed by atoms with Crippen LogP contribution in [0.4, 0.5) is 10.1 Å². The zero-order chi connectivity index (χ0) is 20.1. The molecular formula is C23H37FN2O2. The molecule has 4 nitrogen and oxygen atoms in total. The predicted octanol–water partition coefficient (Wildman–Crippen LogP) is 3.79. The van der Waals surface area contributed by atoms with Crippen molar-refractivity contribution in [1.82, 2.24) is 4.90 Å². The fourth-order valence-electron chi connectivity index (χ4n) is 4.73. The molecule has 2 aliphatic rings. The van der Waals surface area contributed by atoms with Crippen molar-refractivity contribution in [2.75, 3.05) is 44.2 Å². The van der Waals surface area contributed by atoms with E-state index in [0.717, 1.165) is 44.2 Å². The van der Waals surface area contributed by atoms with Crippen LogP contribution in [0.3, 0.4) is 0 Å². The fourth-order valence-corrected chi connectivity index (χ4v) is 4.73. The van der Waals surface area contributed by atoms with E-state index >= 15 is 0 Å². The molecule has 1 aliphatic heterocycles. The fraction of sp³-hybridized carbons (Fsp3) is 0.739. The molecule has 1 N–H and O–H groups in total. The lowest BCUT2D eigenvalue weighted by molar-refractivity contribution is -0.0740. The van der Waals surface area contributed by atoms with Crippen molar-refractivity contribution >= 4 is 5.69 Å². The molecule has 1 aromatic rings. The van der Waals surface area contributed by atoms with E-state index in [4.69, 9.17) is 4.74 Å². The highest BCUT2D eigenvalue weighted by atomic mass is 19.1. The molecule has 1 heterocycles. The summed E-state index contributed by atoms with van der Waals surface area (Å²) in [6.45, 7) is 11.6. The van der Waals surface area contributed by atoms with Gasteiger partial charge in [0, 0.05) is 38.4 Å². The van der Waals surface area contributed by atoms with Gasteiger partial charge in [-0.15, -0.1) is 0 Å². The Labute approximate surface area is 169 Å². The predicted molar refractivity (Wildman–Crippen MR) is 112 cm³/mol. The normalized spacial score (nSPS) is 27.9. The average molecular weight is 393 g/mol. The van der Waals surface area contributed by atoms with Gasteiger partial charge in [-0.3, -0.25) is 4.90 Å². The van der Waals surface area contributed by atoms with Crippen LogP contribution in [-0.2, 0) is 4.74 Å². The molecule has 0 aromatic heterocycles. The van der Waals surface area contributed by atoms with Gasteiger partial charge in [-0.05, 0) is 54.9 Å². The van der Waals surface area contributed by atoms with Gasteiger partial charge >= 0.3 is 0 Å². The van der Waals surface area contributed by atoms with Gasteiger partial charge in [0.1, 0.15) is 5.82 Å². The Morgan fingerprint density at radius 1 is 1.11 bits per heavy atom. The van der Waals surface area contributed by atoms with Crippen molar-refractivity contribution in [2.45, 2.75) is 52.2 Å². The first-order chi connectivity index (χ1) is 13.4. The van der Waals surface area contributed by atoms with Crippen LogP contribution in [0, 0.1) is 23.6 Å². The summed E-state index contributed by atoms with van der Waals surface area (Å²) in [6, 6.07) is 6.70. The van der Waals surface area contributed by atoms with Crippen LogP contribution in [-0.4, -0.2) is 61.5 Å². The maximum absolute atomic E-state index is 13.1. The van der Waals surface area contributed by atoms with E-state index in [0.29, 0.717) is 25.0 Å².